The van der Waals surface area contributed by atoms with Gasteiger partial charge in [0.2, 0.25) is 5.91 Å². The molecule has 0 saturated carbocycles. The lowest BCUT2D eigenvalue weighted by molar-refractivity contribution is -0.149. The molecule has 0 saturated heterocycles. The summed E-state index contributed by atoms with van der Waals surface area (Å²) in [6, 6.07) is 8.39. The van der Waals surface area contributed by atoms with Crippen molar-refractivity contribution >= 4 is 45.4 Å². The van der Waals surface area contributed by atoms with Gasteiger partial charge in [-0.05, 0) is 0 Å². The first-order chi connectivity index (χ1) is 11.0. The van der Waals surface area contributed by atoms with Crippen molar-refractivity contribution in [2.24, 2.45) is 5.92 Å². The van der Waals surface area contributed by atoms with E-state index in [1.54, 1.807) is 30.3 Å². The summed E-state index contributed by atoms with van der Waals surface area (Å²) >= 11 is 2.92. The average Bonchev–Trinajstić information content (AvgIpc) is 2.92. The summed E-state index contributed by atoms with van der Waals surface area (Å²) in [5, 5.41) is 9.15. The van der Waals surface area contributed by atoms with Gasteiger partial charge in [0.15, 0.2) is 11.7 Å². The molecule has 0 fully saturated rings. The van der Waals surface area contributed by atoms with Gasteiger partial charge in [-0.15, -0.1) is 0 Å². The molecule has 9 heteroatoms. The summed E-state index contributed by atoms with van der Waals surface area (Å²) in [5.41, 5.74) is 0.564. The number of carbonyl (C=O) groups is 3. The van der Waals surface area contributed by atoms with Crippen LogP contribution in [-0.2, 0) is 19.1 Å². The molecular weight excluding hydrogens is 370 g/mol. The van der Waals surface area contributed by atoms with Gasteiger partial charge in [0.1, 0.15) is 5.76 Å². The highest BCUT2D eigenvalue weighted by molar-refractivity contribution is 9.10. The van der Waals surface area contributed by atoms with E-state index < -0.39 is 23.6 Å². The van der Waals surface area contributed by atoms with Crippen molar-refractivity contribution < 1.29 is 23.5 Å². The van der Waals surface area contributed by atoms with Gasteiger partial charge in [0.25, 0.3) is 4.80 Å². The average molecular weight is 378 g/mol. The quantitative estimate of drug-likeness (QED) is 0.637. The van der Waals surface area contributed by atoms with Gasteiger partial charge in [-0.25, -0.2) is 0 Å². The maximum atomic E-state index is 12.1. The molecule has 1 aliphatic rings. The van der Waals surface area contributed by atoms with Gasteiger partial charge in [0.05, 0.1) is 0 Å². The molecule has 1 aliphatic heterocycles. The van der Waals surface area contributed by atoms with Gasteiger partial charge in [0, 0.05) is 27.6 Å². The lowest BCUT2D eigenvalue weighted by Crippen LogP contribution is -2.38. The van der Waals surface area contributed by atoms with Gasteiger partial charge < -0.3 is 9.15 Å². The van der Waals surface area contributed by atoms with Crippen molar-refractivity contribution in [3.8, 4) is 0 Å². The van der Waals surface area contributed by atoms with E-state index in [0.717, 1.165) is 6.08 Å². The molecule has 1 N–H and O–H groups in total. The zero-order valence-electron chi connectivity index (χ0n) is 11.4. The monoisotopic (exact) mass is 377 g/mol. The third-order valence-corrected chi connectivity index (χ3v) is 3.28. The number of ether oxygens (including phenoxy) is 1. The fourth-order valence-electron chi connectivity index (χ4n) is 1.94. The number of rotatable bonds is 3. The molecule has 3 rings (SSSR count). The number of amides is 1. The molecular formula is C14H8BrN3O5. The van der Waals surface area contributed by atoms with E-state index >= 15 is 0 Å². The Bertz CT molecular complexity index is 815. The summed E-state index contributed by atoms with van der Waals surface area (Å²) in [7, 11) is 0. The minimum atomic E-state index is -1.62. The highest BCUT2D eigenvalue weighted by atomic mass is 79.9. The van der Waals surface area contributed by atoms with Gasteiger partial charge in [-0.1, -0.05) is 40.5 Å². The molecule has 0 aliphatic carbocycles. The first kappa shape index (κ1) is 15.1. The fourth-order valence-corrected chi connectivity index (χ4v) is 2.17. The van der Waals surface area contributed by atoms with Crippen molar-refractivity contribution in [2.45, 2.75) is 0 Å². The van der Waals surface area contributed by atoms with E-state index in [9.17, 15) is 14.4 Å². The number of ketones is 1. The largest absolute Gasteiger partial charge is 0.425 e. The number of halogens is 1. The third-order valence-electron chi connectivity index (χ3n) is 2.96. The number of aromatic nitrogens is 2. The molecule has 2 aromatic rings. The van der Waals surface area contributed by atoms with Crippen LogP contribution in [0.25, 0.3) is 5.76 Å². The Morgan fingerprint density at radius 2 is 1.91 bits per heavy atom. The molecule has 23 heavy (non-hydrogen) atoms. The predicted molar refractivity (Wildman–Crippen MR) is 79.6 cm³/mol. The molecule has 0 radical (unpaired) electrons. The molecule has 0 spiro atoms. The van der Waals surface area contributed by atoms with E-state index in [1.165, 1.54) is 0 Å². The number of hydrogen-bond acceptors (Lipinski definition) is 7. The van der Waals surface area contributed by atoms with Crippen LogP contribution in [0.1, 0.15) is 5.56 Å². The first-order valence-corrected chi connectivity index (χ1v) is 7.16. The minimum absolute atomic E-state index is 0.0524. The SMILES string of the molecule is O=C1C=C(c2ccccc2)OC(=O)C1C(=O)Nc1nnc(Br)o1. The molecule has 1 atom stereocenters. The molecule has 1 aromatic carbocycles. The Morgan fingerprint density at radius 1 is 1.17 bits per heavy atom. The van der Waals surface area contributed by atoms with E-state index in [-0.39, 0.29) is 16.6 Å². The third kappa shape index (κ3) is 3.19. The highest BCUT2D eigenvalue weighted by Crippen LogP contribution is 2.24. The van der Waals surface area contributed by atoms with Crippen LogP contribution in [0.2, 0.25) is 0 Å². The van der Waals surface area contributed by atoms with Crippen LogP contribution in [0.5, 0.6) is 0 Å². The predicted octanol–water partition coefficient (Wildman–Crippen LogP) is 1.55. The van der Waals surface area contributed by atoms with Crippen LogP contribution < -0.4 is 5.32 Å². The molecule has 8 nitrogen and oxygen atoms in total. The normalized spacial score (nSPS) is 17.4. The second kappa shape index (κ2) is 6.13. The topological polar surface area (TPSA) is 111 Å². The zero-order valence-corrected chi connectivity index (χ0v) is 12.9. The number of cyclic esters (lactones) is 1. The van der Waals surface area contributed by atoms with Crippen LogP contribution in [0, 0.1) is 5.92 Å². The van der Waals surface area contributed by atoms with E-state index in [2.05, 4.69) is 31.4 Å². The maximum Gasteiger partial charge on any atom is 0.331 e. The standard InChI is InChI=1S/C14H8BrN3O5/c15-13-17-18-14(23-13)16-11(20)10-8(19)6-9(22-12(10)21)7-4-2-1-3-5-7/h1-6,10H,(H,16,18,20). The number of allylic oxidation sites excluding steroid dienone is 1. The van der Waals surface area contributed by atoms with Crippen molar-refractivity contribution in [1.82, 2.24) is 10.2 Å². The number of anilines is 1. The number of nitrogens with one attached hydrogen (secondary N) is 1. The number of hydrogen-bond donors (Lipinski definition) is 1. The minimum Gasteiger partial charge on any atom is -0.425 e. The molecule has 2 heterocycles. The summed E-state index contributed by atoms with van der Waals surface area (Å²) in [6.45, 7) is 0. The van der Waals surface area contributed by atoms with Gasteiger partial charge >= 0.3 is 12.0 Å². The Balaban J connectivity index is 1.80. The van der Waals surface area contributed by atoms with Crippen LogP contribution in [0.4, 0.5) is 6.01 Å². The second-order valence-corrected chi connectivity index (χ2v) is 5.16. The molecule has 1 aromatic heterocycles. The maximum absolute atomic E-state index is 12.1. The zero-order chi connectivity index (χ0) is 16.4. The van der Waals surface area contributed by atoms with Gasteiger partial charge in [-0.3, -0.25) is 19.7 Å². The van der Waals surface area contributed by atoms with Crippen molar-refractivity contribution in [2.75, 3.05) is 5.32 Å². The number of nitrogens with zero attached hydrogens (tertiary/aromatic N) is 2. The van der Waals surface area contributed by atoms with Crippen molar-refractivity contribution in [3.63, 3.8) is 0 Å². The molecule has 1 unspecified atom stereocenters. The Kier molecular flexibility index (Phi) is 4.02. The van der Waals surface area contributed by atoms with Crippen LogP contribution in [0.15, 0.2) is 45.6 Å². The Morgan fingerprint density at radius 3 is 2.52 bits per heavy atom. The van der Waals surface area contributed by atoms with Crippen LogP contribution in [0.3, 0.4) is 0 Å². The van der Waals surface area contributed by atoms with Crippen molar-refractivity contribution in [3.05, 3.63) is 46.8 Å². The number of esters is 1. The molecule has 116 valence electrons. The summed E-state index contributed by atoms with van der Waals surface area (Å²) in [6.07, 6.45) is 1.12. The van der Waals surface area contributed by atoms with Gasteiger partial charge in [-0.2, -0.15) is 0 Å². The smallest absolute Gasteiger partial charge is 0.331 e. The Labute approximate surface area is 137 Å². The molecule has 0 bridgehead atoms. The van der Waals surface area contributed by atoms with E-state index in [0.29, 0.717) is 5.56 Å². The van der Waals surface area contributed by atoms with Crippen LogP contribution >= 0.6 is 15.9 Å². The summed E-state index contributed by atoms with van der Waals surface area (Å²) < 4.78 is 9.97. The fraction of sp³-hybridized carbons (Fsp3) is 0.0714. The lowest BCUT2D eigenvalue weighted by Gasteiger charge is -2.19. The van der Waals surface area contributed by atoms with Crippen molar-refractivity contribution in [1.29, 1.82) is 0 Å². The highest BCUT2D eigenvalue weighted by Gasteiger charge is 2.39. The van der Waals surface area contributed by atoms with E-state index in [4.69, 9.17) is 9.15 Å². The lowest BCUT2D eigenvalue weighted by atomic mass is 9.99. The van der Waals surface area contributed by atoms with Crippen LogP contribution in [-0.4, -0.2) is 27.9 Å². The summed E-state index contributed by atoms with van der Waals surface area (Å²) in [4.78, 5) is 36.2. The Hall–Kier alpha value is -2.81. The first-order valence-electron chi connectivity index (χ1n) is 6.37. The second-order valence-electron chi connectivity index (χ2n) is 4.48. The number of benzene rings is 1. The van der Waals surface area contributed by atoms with E-state index in [1.807, 2.05) is 0 Å². The number of carbonyl (C=O) groups excluding carboxylic acids is 3. The molecule has 1 amide bonds. The summed E-state index contributed by atoms with van der Waals surface area (Å²) in [5.74, 6) is -4.07.